The third-order valence-electron chi connectivity index (χ3n) is 3.86. The Balaban J connectivity index is 1.77. The molecule has 0 unspecified atom stereocenters. The molecule has 1 fully saturated rings. The summed E-state index contributed by atoms with van der Waals surface area (Å²) in [7, 11) is 1.80. The first-order chi connectivity index (χ1) is 11.6. The number of morpholine rings is 1. The number of amides is 2. The maximum Gasteiger partial charge on any atom is 0.227 e. The molecule has 6 nitrogen and oxygen atoms in total. The second-order valence-electron chi connectivity index (χ2n) is 5.78. The van der Waals surface area contributed by atoms with Crippen LogP contribution in [0.3, 0.4) is 0 Å². The summed E-state index contributed by atoms with van der Waals surface area (Å²) in [6.45, 7) is 3.96. The fourth-order valence-electron chi connectivity index (χ4n) is 2.52. The van der Waals surface area contributed by atoms with Crippen LogP contribution in [0.2, 0.25) is 0 Å². The fraction of sp³-hybridized carbons (Fsp3) is 0.529. The van der Waals surface area contributed by atoms with Crippen molar-refractivity contribution in [3.63, 3.8) is 0 Å². The van der Waals surface area contributed by atoms with Gasteiger partial charge in [0, 0.05) is 44.5 Å². The number of benzene rings is 1. The number of hydrogen-bond acceptors (Lipinski definition) is 5. The lowest BCUT2D eigenvalue weighted by molar-refractivity contribution is -0.130. The molecule has 0 spiro atoms. The molecular weight excluding hydrogens is 326 g/mol. The number of carbonyl (C=O) groups excluding carboxylic acids is 2. The zero-order valence-electron chi connectivity index (χ0n) is 14.1. The van der Waals surface area contributed by atoms with Crippen molar-refractivity contribution in [1.82, 2.24) is 4.90 Å². The number of anilines is 1. The van der Waals surface area contributed by atoms with E-state index in [1.54, 1.807) is 11.9 Å². The van der Waals surface area contributed by atoms with Gasteiger partial charge in [-0.3, -0.25) is 9.59 Å². The van der Waals surface area contributed by atoms with Gasteiger partial charge in [-0.25, -0.2) is 0 Å². The van der Waals surface area contributed by atoms with Gasteiger partial charge in [0.15, 0.2) is 0 Å². The summed E-state index contributed by atoms with van der Waals surface area (Å²) in [5.74, 6) is 0.604. The summed E-state index contributed by atoms with van der Waals surface area (Å²) in [6.07, 6.45) is 0.417. The molecule has 7 heteroatoms. The molecule has 2 rings (SSSR count). The maximum absolute atomic E-state index is 12.1. The summed E-state index contributed by atoms with van der Waals surface area (Å²) >= 11 is 1.39. The number of thioether (sulfide) groups is 1. The largest absolute Gasteiger partial charge is 0.378 e. The number of rotatable bonds is 8. The fourth-order valence-corrected chi connectivity index (χ4v) is 3.18. The van der Waals surface area contributed by atoms with E-state index in [9.17, 15) is 9.59 Å². The van der Waals surface area contributed by atoms with Crippen molar-refractivity contribution in [2.75, 3.05) is 49.8 Å². The average Bonchev–Trinajstić information content (AvgIpc) is 2.59. The first kappa shape index (κ1) is 18.6. The van der Waals surface area contributed by atoms with Crippen molar-refractivity contribution in [2.45, 2.75) is 13.0 Å². The van der Waals surface area contributed by atoms with Crippen LogP contribution in [-0.4, -0.2) is 61.6 Å². The van der Waals surface area contributed by atoms with Crippen molar-refractivity contribution in [3.8, 4) is 0 Å². The number of primary amides is 1. The zero-order valence-corrected chi connectivity index (χ0v) is 14.9. The second kappa shape index (κ2) is 9.54. The molecular formula is C17H25N3O3S. The highest BCUT2D eigenvalue weighted by atomic mass is 32.2. The van der Waals surface area contributed by atoms with E-state index in [1.807, 2.05) is 0 Å². The molecule has 24 heavy (non-hydrogen) atoms. The van der Waals surface area contributed by atoms with Gasteiger partial charge in [-0.2, -0.15) is 11.8 Å². The molecule has 0 aliphatic carbocycles. The monoisotopic (exact) mass is 351 g/mol. The summed E-state index contributed by atoms with van der Waals surface area (Å²) < 4.78 is 5.36. The highest BCUT2D eigenvalue weighted by Gasteiger charge is 2.12. The van der Waals surface area contributed by atoms with Gasteiger partial charge in [0.1, 0.15) is 0 Å². The lowest BCUT2D eigenvalue weighted by Crippen LogP contribution is -2.36. The SMILES string of the molecule is CN(Cc1ccc(N2CCOCC2)cc1)C(=O)CCSCC(N)=O. The Bertz CT molecular complexity index is 545. The number of carbonyl (C=O) groups is 2. The van der Waals surface area contributed by atoms with Crippen molar-refractivity contribution in [3.05, 3.63) is 29.8 Å². The van der Waals surface area contributed by atoms with E-state index in [2.05, 4.69) is 29.2 Å². The van der Waals surface area contributed by atoms with E-state index in [4.69, 9.17) is 10.5 Å². The van der Waals surface area contributed by atoms with Gasteiger partial charge in [0.2, 0.25) is 11.8 Å². The molecule has 0 radical (unpaired) electrons. The number of hydrogen-bond donors (Lipinski definition) is 1. The van der Waals surface area contributed by atoms with E-state index >= 15 is 0 Å². The normalized spacial score (nSPS) is 14.5. The molecule has 2 amide bonds. The molecule has 0 saturated carbocycles. The van der Waals surface area contributed by atoms with Crippen LogP contribution in [0.5, 0.6) is 0 Å². The summed E-state index contributed by atoms with van der Waals surface area (Å²) in [4.78, 5) is 26.8. The number of nitrogens with zero attached hydrogens (tertiary/aromatic N) is 2. The predicted molar refractivity (Wildman–Crippen MR) is 97.1 cm³/mol. The van der Waals surface area contributed by atoms with Crippen LogP contribution in [0, 0.1) is 0 Å². The summed E-state index contributed by atoms with van der Waals surface area (Å²) in [5, 5.41) is 0. The Morgan fingerprint density at radius 1 is 1.25 bits per heavy atom. The molecule has 1 saturated heterocycles. The highest BCUT2D eigenvalue weighted by molar-refractivity contribution is 7.99. The van der Waals surface area contributed by atoms with E-state index < -0.39 is 0 Å². The minimum atomic E-state index is -0.346. The number of nitrogens with two attached hydrogens (primary N) is 1. The van der Waals surface area contributed by atoms with E-state index in [0.29, 0.717) is 18.7 Å². The molecule has 1 aromatic carbocycles. The molecule has 0 bridgehead atoms. The number of ether oxygens (including phenoxy) is 1. The first-order valence-corrected chi connectivity index (χ1v) is 9.23. The first-order valence-electron chi connectivity index (χ1n) is 8.08. The van der Waals surface area contributed by atoms with E-state index in [0.717, 1.165) is 31.9 Å². The van der Waals surface area contributed by atoms with Crippen molar-refractivity contribution >= 4 is 29.3 Å². The smallest absolute Gasteiger partial charge is 0.227 e. The van der Waals surface area contributed by atoms with Crippen molar-refractivity contribution in [1.29, 1.82) is 0 Å². The standard InChI is InChI=1S/C17H25N3O3S/c1-19(17(22)6-11-24-13-16(18)21)12-14-2-4-15(5-3-14)20-7-9-23-10-8-20/h2-5H,6-13H2,1H3,(H2,18,21). The van der Waals surface area contributed by atoms with Crippen molar-refractivity contribution in [2.24, 2.45) is 5.73 Å². The molecule has 1 aliphatic rings. The molecule has 0 aromatic heterocycles. The van der Waals surface area contributed by atoms with Crippen LogP contribution in [-0.2, 0) is 20.9 Å². The highest BCUT2D eigenvalue weighted by Crippen LogP contribution is 2.17. The van der Waals surface area contributed by atoms with Crippen LogP contribution in [0.1, 0.15) is 12.0 Å². The summed E-state index contributed by atoms with van der Waals surface area (Å²) in [5.41, 5.74) is 7.37. The molecule has 0 atom stereocenters. The molecule has 132 valence electrons. The summed E-state index contributed by atoms with van der Waals surface area (Å²) in [6, 6.07) is 8.33. The van der Waals surface area contributed by atoms with Crippen LogP contribution in [0.4, 0.5) is 5.69 Å². The van der Waals surface area contributed by atoms with Gasteiger partial charge in [0.05, 0.1) is 19.0 Å². The predicted octanol–water partition coefficient (Wildman–Crippen LogP) is 1.09. The molecule has 1 heterocycles. The lowest BCUT2D eigenvalue weighted by Gasteiger charge is -2.29. The Hall–Kier alpha value is -1.73. The average molecular weight is 351 g/mol. The lowest BCUT2D eigenvalue weighted by atomic mass is 10.1. The van der Waals surface area contributed by atoms with Crippen LogP contribution in [0.25, 0.3) is 0 Å². The van der Waals surface area contributed by atoms with E-state index in [-0.39, 0.29) is 17.6 Å². The van der Waals surface area contributed by atoms with E-state index in [1.165, 1.54) is 17.4 Å². The third-order valence-corrected chi connectivity index (χ3v) is 4.84. The zero-order chi connectivity index (χ0) is 17.4. The van der Waals surface area contributed by atoms with Gasteiger partial charge in [0.25, 0.3) is 0 Å². The Kier molecular flexibility index (Phi) is 7.39. The molecule has 2 N–H and O–H groups in total. The van der Waals surface area contributed by atoms with Crippen LogP contribution in [0.15, 0.2) is 24.3 Å². The molecule has 1 aromatic rings. The van der Waals surface area contributed by atoms with Gasteiger partial charge in [-0.05, 0) is 17.7 Å². The third kappa shape index (κ3) is 6.05. The maximum atomic E-state index is 12.1. The Morgan fingerprint density at radius 2 is 1.92 bits per heavy atom. The van der Waals surface area contributed by atoms with Crippen molar-refractivity contribution < 1.29 is 14.3 Å². The van der Waals surface area contributed by atoms with Gasteiger partial charge in [-0.1, -0.05) is 12.1 Å². The molecule has 1 aliphatic heterocycles. The van der Waals surface area contributed by atoms with Gasteiger partial charge < -0.3 is 20.3 Å². The quantitative estimate of drug-likeness (QED) is 0.710. The van der Waals surface area contributed by atoms with Gasteiger partial charge in [-0.15, -0.1) is 0 Å². The van der Waals surface area contributed by atoms with Gasteiger partial charge >= 0.3 is 0 Å². The minimum absolute atomic E-state index is 0.0734. The Labute approximate surface area is 147 Å². The minimum Gasteiger partial charge on any atom is -0.378 e. The topological polar surface area (TPSA) is 75.9 Å². The second-order valence-corrected chi connectivity index (χ2v) is 6.89. The Morgan fingerprint density at radius 3 is 2.54 bits per heavy atom. The van der Waals surface area contributed by atoms with Crippen LogP contribution >= 0.6 is 11.8 Å². The van der Waals surface area contributed by atoms with Crippen LogP contribution < -0.4 is 10.6 Å².